The molecule has 0 atom stereocenters. The van der Waals surface area contributed by atoms with Crippen LogP contribution in [0.25, 0.3) is 0 Å². The Hall–Kier alpha value is 0.110. The van der Waals surface area contributed by atoms with E-state index >= 15 is 0 Å². The number of rotatable bonds is 2. The quantitative estimate of drug-likeness (QED) is 0.186. The zero-order chi connectivity index (χ0) is 6.78. The van der Waals surface area contributed by atoms with Crippen LogP contribution in [-0.4, -0.2) is 18.0 Å². The van der Waals surface area contributed by atoms with Crippen LogP contribution in [0.2, 0.25) is 0 Å². The van der Waals surface area contributed by atoms with Crippen molar-refractivity contribution < 1.29 is 49.0 Å². The van der Waals surface area contributed by atoms with Crippen molar-refractivity contribution in [1.29, 1.82) is 0 Å². The van der Waals surface area contributed by atoms with Gasteiger partial charge in [-0.2, -0.15) is 8.42 Å². The van der Waals surface area contributed by atoms with Crippen LogP contribution in [0.4, 0.5) is 0 Å². The number of nitrogens with one attached hydrogen (secondary N) is 1. The molecule has 0 radical (unpaired) electrons. The van der Waals surface area contributed by atoms with Crippen LogP contribution >= 0.6 is 0 Å². The fourth-order valence-corrected chi connectivity index (χ4v) is 0.283. The first-order valence-electron chi connectivity index (χ1n) is 1.31. The average molecular weight is 166 g/mol. The minimum atomic E-state index is -4.67. The van der Waals surface area contributed by atoms with E-state index in [2.05, 4.69) is 0 Å². The van der Waals surface area contributed by atoms with Gasteiger partial charge in [0.15, 0.2) is 5.03 Å². The van der Waals surface area contributed by atoms with Crippen molar-refractivity contribution in [1.82, 2.24) is 4.83 Å². The van der Waals surface area contributed by atoms with Crippen LogP contribution in [0.3, 0.4) is 0 Å². The molecular formula is H3N2NaO5S. The summed E-state index contributed by atoms with van der Waals surface area (Å²) >= 11 is 0. The van der Waals surface area contributed by atoms with Gasteiger partial charge in [0.25, 0.3) is 0 Å². The van der Waals surface area contributed by atoms with Gasteiger partial charge in [-0.15, -0.1) is 0 Å². The van der Waals surface area contributed by atoms with Gasteiger partial charge in [-0.1, -0.05) is 0 Å². The van der Waals surface area contributed by atoms with Crippen molar-refractivity contribution in [3.05, 3.63) is 10.1 Å². The van der Waals surface area contributed by atoms with E-state index in [0.717, 1.165) is 0 Å². The Bertz CT molecular complexity index is 186. The topological polar surface area (TPSA) is 110 Å². The molecule has 0 rings (SSSR count). The number of hydrogen-bond acceptors (Lipinski definition) is 4. The molecule has 9 heteroatoms. The van der Waals surface area contributed by atoms with Crippen LogP contribution < -0.4 is 34.4 Å². The molecule has 50 valence electrons. The van der Waals surface area contributed by atoms with Crippen LogP contribution in [0.5, 0.6) is 0 Å². The molecule has 0 saturated heterocycles. The molecule has 9 heavy (non-hydrogen) atoms. The summed E-state index contributed by atoms with van der Waals surface area (Å²) in [6, 6.07) is 0. The maximum atomic E-state index is 9.44. The van der Waals surface area contributed by atoms with Crippen molar-refractivity contribution in [2.24, 2.45) is 0 Å². The predicted octanol–water partition coefficient (Wildman–Crippen LogP) is -4.31. The third-order valence-electron chi connectivity index (χ3n) is 0.190. The molecule has 0 unspecified atom stereocenters. The first-order valence-corrected chi connectivity index (χ1v) is 2.75. The van der Waals surface area contributed by atoms with Crippen molar-refractivity contribution in [3.63, 3.8) is 0 Å². The minimum Gasteiger partial charge on any atom is -1.00 e. The number of hydrazine groups is 1. The number of hydrogen-bond donors (Lipinski definition) is 2. The Labute approximate surface area is 74.2 Å². The molecule has 2 N–H and O–H groups in total. The van der Waals surface area contributed by atoms with Crippen molar-refractivity contribution in [3.8, 4) is 0 Å². The van der Waals surface area contributed by atoms with Gasteiger partial charge in [0.05, 0.1) is 0 Å². The van der Waals surface area contributed by atoms with Gasteiger partial charge >= 0.3 is 39.9 Å². The monoisotopic (exact) mass is 166 g/mol. The third kappa shape index (κ3) is 11.6. The fraction of sp³-hybridized carbons (Fsp3) is 0. The summed E-state index contributed by atoms with van der Waals surface area (Å²) in [7, 11) is -4.67. The Kier molecular flexibility index (Phi) is 5.28. The van der Waals surface area contributed by atoms with Gasteiger partial charge in [0.1, 0.15) is 0 Å². The second-order valence-electron chi connectivity index (χ2n) is 0.823. The van der Waals surface area contributed by atoms with Crippen molar-refractivity contribution >= 4 is 10.3 Å². The van der Waals surface area contributed by atoms with E-state index in [1.54, 1.807) is 0 Å². The second kappa shape index (κ2) is 4.01. The van der Waals surface area contributed by atoms with E-state index in [1.165, 1.54) is 0 Å². The van der Waals surface area contributed by atoms with E-state index in [4.69, 9.17) is 4.55 Å². The summed E-state index contributed by atoms with van der Waals surface area (Å²) in [5.74, 6) is 0. The molecule has 0 aromatic rings. The molecule has 0 aliphatic rings. The van der Waals surface area contributed by atoms with E-state index in [9.17, 15) is 18.5 Å². The van der Waals surface area contributed by atoms with E-state index in [1.807, 2.05) is 0 Å². The van der Waals surface area contributed by atoms with Crippen LogP contribution in [0.15, 0.2) is 0 Å². The summed E-state index contributed by atoms with van der Waals surface area (Å²) < 4.78 is 26.5. The average Bonchev–Trinajstić information content (AvgIpc) is 1.21. The van der Waals surface area contributed by atoms with Crippen LogP contribution in [0, 0.1) is 10.1 Å². The summed E-state index contributed by atoms with van der Waals surface area (Å²) in [5.41, 5.74) is 0. The number of nitrogens with zero attached hydrogens (tertiary/aromatic N) is 1. The molecule has 0 aromatic carbocycles. The molecule has 0 saturated carbocycles. The predicted molar refractivity (Wildman–Crippen MR) is 22.8 cm³/mol. The summed E-state index contributed by atoms with van der Waals surface area (Å²) in [6.07, 6.45) is 0. The largest absolute Gasteiger partial charge is 1.00 e. The number of nitro groups is 1. The first kappa shape index (κ1) is 11.9. The molecule has 0 amide bonds. The molecule has 0 fully saturated rings. The van der Waals surface area contributed by atoms with Crippen LogP contribution in [-0.2, 0) is 10.3 Å². The molecule has 0 spiro atoms. The fourth-order valence-electron chi connectivity index (χ4n) is 0.0942. The van der Waals surface area contributed by atoms with Gasteiger partial charge in [-0.25, -0.2) is 10.1 Å². The Morgan fingerprint density at radius 1 is 1.67 bits per heavy atom. The van der Waals surface area contributed by atoms with Gasteiger partial charge < -0.3 is 1.43 Å². The van der Waals surface area contributed by atoms with Gasteiger partial charge in [0.2, 0.25) is 0 Å². The Morgan fingerprint density at radius 3 is 2.00 bits per heavy atom. The maximum Gasteiger partial charge on any atom is 1.00 e. The van der Waals surface area contributed by atoms with Gasteiger partial charge in [-0.05, 0) is 4.83 Å². The summed E-state index contributed by atoms with van der Waals surface area (Å²) in [5, 5.41) is 7.79. The third-order valence-corrected chi connectivity index (χ3v) is 0.570. The normalized spacial score (nSPS) is 9.44. The first-order chi connectivity index (χ1) is 3.42. The molecular weight excluding hydrogens is 163 g/mol. The second-order valence-corrected chi connectivity index (χ2v) is 1.96. The molecule has 0 aromatic heterocycles. The Morgan fingerprint density at radius 2 is 2.00 bits per heavy atom. The van der Waals surface area contributed by atoms with Crippen molar-refractivity contribution in [2.75, 3.05) is 0 Å². The van der Waals surface area contributed by atoms with E-state index < -0.39 is 15.3 Å². The zero-order valence-corrected chi connectivity index (χ0v) is 7.25. The smallest absolute Gasteiger partial charge is 1.00 e. The van der Waals surface area contributed by atoms with E-state index in [-0.39, 0.29) is 31.0 Å². The molecule has 0 heterocycles. The van der Waals surface area contributed by atoms with Crippen LogP contribution in [0.1, 0.15) is 1.43 Å². The maximum absolute atomic E-state index is 9.44. The standard InChI is InChI=1S/H2N2O5S.Na.H/c3-2(4)1-8(5,6)7;;/h1H,(H,5,6,7);;/q;+1;-1. The minimum absolute atomic E-state index is 0. The molecule has 0 aliphatic carbocycles. The van der Waals surface area contributed by atoms with E-state index in [0.29, 0.717) is 4.83 Å². The summed E-state index contributed by atoms with van der Waals surface area (Å²) in [4.78, 5) is 9.80. The zero-order valence-electron chi connectivity index (χ0n) is 5.44. The van der Waals surface area contributed by atoms with Gasteiger partial charge in [0, 0.05) is 0 Å². The Balaban J connectivity index is -0.000000245. The SMILES string of the molecule is O=[N+]([O-])NS(=O)(=O)O.[H-].[Na+]. The molecule has 7 nitrogen and oxygen atoms in total. The molecule has 0 bridgehead atoms. The molecule has 0 aliphatic heterocycles. The summed E-state index contributed by atoms with van der Waals surface area (Å²) in [6.45, 7) is 0. The van der Waals surface area contributed by atoms with Gasteiger partial charge in [-0.3, -0.25) is 4.55 Å². The van der Waals surface area contributed by atoms with Crippen molar-refractivity contribution in [2.45, 2.75) is 0 Å².